The van der Waals surface area contributed by atoms with Gasteiger partial charge in [-0.15, -0.1) is 0 Å². The molecule has 0 aliphatic carbocycles. The molecule has 0 amide bonds. The number of benzene rings is 4. The van der Waals surface area contributed by atoms with Crippen LogP contribution in [0.2, 0.25) is 0 Å². The van der Waals surface area contributed by atoms with Crippen LogP contribution in [-0.4, -0.2) is 40.5 Å². The first kappa shape index (κ1) is 34.1. The van der Waals surface area contributed by atoms with Gasteiger partial charge in [-0.3, -0.25) is 10.1 Å². The number of hydrogen-bond acceptors (Lipinski definition) is 7. The topological polar surface area (TPSA) is 93.7 Å². The molecule has 0 saturated carbocycles. The van der Waals surface area contributed by atoms with Crippen molar-refractivity contribution in [3.8, 4) is 28.7 Å². The predicted molar refractivity (Wildman–Crippen MR) is 160 cm³/mol. The van der Waals surface area contributed by atoms with Crippen LogP contribution < -0.4 is 28.6 Å². The van der Waals surface area contributed by atoms with Gasteiger partial charge in [0, 0.05) is 23.8 Å². The number of quaternary nitrogens is 1. The molecule has 0 unspecified atom stereocenters. The van der Waals surface area contributed by atoms with Crippen LogP contribution in [0.1, 0.15) is 22.6 Å². The van der Waals surface area contributed by atoms with Crippen LogP contribution in [-0.2, 0) is 0 Å². The summed E-state index contributed by atoms with van der Waals surface area (Å²) in [6.07, 6.45) is 0. The summed E-state index contributed by atoms with van der Waals surface area (Å²) in [6.45, 7) is 0. The summed E-state index contributed by atoms with van der Waals surface area (Å²) < 4.78 is 88.5. The Kier molecular flexibility index (Phi) is 8.81. The van der Waals surface area contributed by atoms with E-state index in [4.69, 9.17) is 23.7 Å². The molecule has 0 aromatic heterocycles. The standard InChI is InChI=1S/C30H28N2O7.F6P/c1-35-22-16-15-18(32(33)34)17-21(22)31-19-9-6-11-23(36-2)27(19)30(28-20(31)10-7-12-24(28)37-3)29-25(38-4)13-8-14-26(29)39-5;1-7(2,3,4,5)6/h6-17,30H,1-5H3;/q;-1/p+1. The van der Waals surface area contributed by atoms with Gasteiger partial charge < -0.3 is 23.7 Å². The minimum absolute atomic E-state index is 0.0410. The van der Waals surface area contributed by atoms with Crippen molar-refractivity contribution in [3.63, 3.8) is 0 Å². The maximum atomic E-state index is 11.8. The average molecular weight is 675 g/mol. The number of nitro groups is 1. The van der Waals surface area contributed by atoms with Gasteiger partial charge >= 0.3 is 33.0 Å². The van der Waals surface area contributed by atoms with Crippen LogP contribution >= 0.6 is 7.81 Å². The summed E-state index contributed by atoms with van der Waals surface area (Å²) in [5.41, 5.74) is 4.73. The average Bonchev–Trinajstić information content (AvgIpc) is 3.00. The number of nitrogens with one attached hydrogen (secondary N) is 1. The Hall–Kier alpha value is -4.75. The SMILES string of the molecule is COc1ccc([N+](=O)[O-])cc1[NH+]1c2cccc(OC)c2C(c2c(OC)cccc2OC)c2c(OC)cccc21.F[P-](F)(F)(F)(F)F. The summed E-state index contributed by atoms with van der Waals surface area (Å²) in [5, 5.41) is 11.8. The van der Waals surface area contributed by atoms with Gasteiger partial charge in [0.1, 0.15) is 34.4 Å². The van der Waals surface area contributed by atoms with E-state index in [9.17, 15) is 35.3 Å². The zero-order chi connectivity index (χ0) is 34.1. The summed E-state index contributed by atoms with van der Waals surface area (Å²) >= 11 is 0. The molecule has 46 heavy (non-hydrogen) atoms. The molecule has 1 aliphatic heterocycles. The van der Waals surface area contributed by atoms with Gasteiger partial charge in [-0.25, -0.2) is 4.90 Å². The molecule has 9 nitrogen and oxygen atoms in total. The fraction of sp³-hybridized carbons (Fsp3) is 0.200. The van der Waals surface area contributed by atoms with E-state index in [0.717, 1.165) is 33.0 Å². The molecule has 1 heterocycles. The summed E-state index contributed by atoms with van der Waals surface area (Å²) in [6, 6.07) is 21.9. The molecule has 0 saturated heterocycles. The minimum atomic E-state index is -10.7. The van der Waals surface area contributed by atoms with Gasteiger partial charge in [0.2, 0.25) is 0 Å². The predicted octanol–water partition coefficient (Wildman–Crippen LogP) is 8.69. The van der Waals surface area contributed by atoms with Crippen molar-refractivity contribution in [1.29, 1.82) is 0 Å². The summed E-state index contributed by atoms with van der Waals surface area (Å²) in [7, 11) is -2.61. The molecule has 0 bridgehead atoms. The van der Waals surface area contributed by atoms with Crippen LogP contribution in [0.4, 0.5) is 47.9 Å². The monoisotopic (exact) mass is 674 g/mol. The maximum absolute atomic E-state index is 11.8. The van der Waals surface area contributed by atoms with E-state index in [2.05, 4.69) is 0 Å². The zero-order valence-corrected chi connectivity index (χ0v) is 25.9. The molecule has 4 aromatic rings. The van der Waals surface area contributed by atoms with E-state index in [0.29, 0.717) is 34.4 Å². The molecule has 0 atom stereocenters. The molecular formula is C30H29F6N2O7P. The van der Waals surface area contributed by atoms with Crippen molar-refractivity contribution in [1.82, 2.24) is 0 Å². The molecular weight excluding hydrogens is 645 g/mol. The van der Waals surface area contributed by atoms with Crippen molar-refractivity contribution in [3.05, 3.63) is 99.6 Å². The molecule has 0 fully saturated rings. The van der Waals surface area contributed by atoms with Gasteiger partial charge in [0.25, 0.3) is 5.69 Å². The second-order valence-corrected chi connectivity index (χ2v) is 11.7. The number of hydrogen-bond donors (Lipinski definition) is 1. The number of non-ortho nitro benzene ring substituents is 1. The Labute approximate surface area is 259 Å². The van der Waals surface area contributed by atoms with E-state index < -0.39 is 18.6 Å². The fourth-order valence-electron chi connectivity index (χ4n) is 5.51. The Morgan fingerprint density at radius 2 is 0.957 bits per heavy atom. The van der Waals surface area contributed by atoms with E-state index in [1.54, 1.807) is 47.7 Å². The Balaban J connectivity index is 0.000000617. The molecule has 0 radical (unpaired) electrons. The van der Waals surface area contributed by atoms with Crippen molar-refractivity contribution < 1.29 is 58.7 Å². The third-order valence-electron chi connectivity index (χ3n) is 7.11. The van der Waals surface area contributed by atoms with Crippen LogP contribution in [0.3, 0.4) is 0 Å². The molecule has 1 N–H and O–H groups in total. The molecule has 248 valence electrons. The Morgan fingerprint density at radius 1 is 0.587 bits per heavy atom. The van der Waals surface area contributed by atoms with E-state index in [1.807, 2.05) is 54.6 Å². The fourth-order valence-corrected chi connectivity index (χ4v) is 5.51. The first-order chi connectivity index (χ1) is 21.4. The van der Waals surface area contributed by atoms with Crippen LogP contribution in [0, 0.1) is 10.1 Å². The van der Waals surface area contributed by atoms with Crippen molar-refractivity contribution >= 4 is 30.6 Å². The van der Waals surface area contributed by atoms with Gasteiger partial charge in [-0.05, 0) is 30.3 Å². The van der Waals surface area contributed by atoms with Crippen LogP contribution in [0.5, 0.6) is 28.7 Å². The van der Waals surface area contributed by atoms with Crippen molar-refractivity contribution in [2.45, 2.75) is 5.92 Å². The summed E-state index contributed by atoms with van der Waals surface area (Å²) in [4.78, 5) is 12.2. The molecule has 0 spiro atoms. The Bertz CT molecular complexity index is 1700. The van der Waals surface area contributed by atoms with Crippen LogP contribution in [0.25, 0.3) is 0 Å². The molecule has 5 rings (SSSR count). The number of halogens is 6. The van der Waals surface area contributed by atoms with Gasteiger partial charge in [-0.1, -0.05) is 18.2 Å². The molecule has 1 aliphatic rings. The molecule has 16 heteroatoms. The van der Waals surface area contributed by atoms with Gasteiger partial charge in [0.15, 0.2) is 11.4 Å². The summed E-state index contributed by atoms with van der Waals surface area (Å²) in [5.74, 6) is 2.66. The number of rotatable bonds is 8. The number of nitrogens with zero attached hydrogens (tertiary/aromatic N) is 1. The van der Waals surface area contributed by atoms with Crippen molar-refractivity contribution in [2.75, 3.05) is 35.5 Å². The second kappa shape index (κ2) is 11.9. The van der Waals surface area contributed by atoms with Crippen LogP contribution in [0.15, 0.2) is 72.8 Å². The van der Waals surface area contributed by atoms with E-state index in [1.165, 1.54) is 6.07 Å². The first-order valence-corrected chi connectivity index (χ1v) is 15.3. The number of ether oxygens (including phenoxy) is 5. The number of fused-ring (bicyclic) bond motifs is 2. The second-order valence-electron chi connectivity index (χ2n) is 9.83. The first-order valence-electron chi connectivity index (χ1n) is 13.3. The third-order valence-corrected chi connectivity index (χ3v) is 7.11. The normalized spacial score (nSPS) is 16.7. The van der Waals surface area contributed by atoms with E-state index >= 15 is 0 Å². The number of nitro benzene ring substituents is 1. The quantitative estimate of drug-likeness (QED) is 0.0762. The van der Waals surface area contributed by atoms with Crippen molar-refractivity contribution in [2.24, 2.45) is 0 Å². The van der Waals surface area contributed by atoms with Gasteiger partial charge in [0.05, 0.1) is 63.6 Å². The number of methoxy groups -OCH3 is 5. The Morgan fingerprint density at radius 3 is 1.33 bits per heavy atom. The van der Waals surface area contributed by atoms with Gasteiger partial charge in [-0.2, -0.15) is 0 Å². The third kappa shape index (κ3) is 7.37. The van der Waals surface area contributed by atoms with E-state index in [-0.39, 0.29) is 5.69 Å². The molecule has 4 aromatic carbocycles. The zero-order valence-electron chi connectivity index (χ0n) is 25.0.